The third kappa shape index (κ3) is 2.98. The van der Waals surface area contributed by atoms with Gasteiger partial charge in [-0.25, -0.2) is 0 Å². The minimum Gasteiger partial charge on any atom is -0.497 e. The van der Waals surface area contributed by atoms with E-state index in [0.717, 1.165) is 5.56 Å². The van der Waals surface area contributed by atoms with Gasteiger partial charge in [0.15, 0.2) is 0 Å². The van der Waals surface area contributed by atoms with Gasteiger partial charge in [-0.2, -0.15) is 0 Å². The van der Waals surface area contributed by atoms with Crippen molar-refractivity contribution < 1.29 is 14.3 Å². The molecular formula is C12H15N3O3. The lowest BCUT2D eigenvalue weighted by molar-refractivity contribution is -0.136. The molecule has 6 nitrogen and oxygen atoms in total. The predicted octanol–water partition coefficient (Wildman–Crippen LogP) is -0.264. The van der Waals surface area contributed by atoms with Gasteiger partial charge >= 0.3 is 0 Å². The van der Waals surface area contributed by atoms with Gasteiger partial charge in [-0.1, -0.05) is 0 Å². The second-order valence-corrected chi connectivity index (χ2v) is 4.23. The average Bonchev–Trinajstić information content (AvgIpc) is 2.26. The van der Waals surface area contributed by atoms with Crippen LogP contribution >= 0.6 is 0 Å². The number of nitrogen functional groups attached to an aromatic ring is 1. The highest BCUT2D eigenvalue weighted by Crippen LogP contribution is 2.19. The lowest BCUT2D eigenvalue weighted by atomic mass is 10.1. The van der Waals surface area contributed by atoms with Crippen molar-refractivity contribution in [3.63, 3.8) is 0 Å². The Hall–Kier alpha value is -2.08. The number of rotatable bonds is 3. The van der Waals surface area contributed by atoms with Crippen molar-refractivity contribution in [1.82, 2.24) is 10.2 Å². The fourth-order valence-electron chi connectivity index (χ4n) is 1.96. The van der Waals surface area contributed by atoms with Gasteiger partial charge in [0.25, 0.3) is 0 Å². The van der Waals surface area contributed by atoms with Crippen LogP contribution in [-0.4, -0.2) is 36.9 Å². The van der Waals surface area contributed by atoms with Gasteiger partial charge in [-0.15, -0.1) is 0 Å². The SMILES string of the molecule is COc1cc(N)cc(CN2CC(=O)NC(=O)C2)c1. The summed E-state index contributed by atoms with van der Waals surface area (Å²) in [5, 5.41) is 2.26. The van der Waals surface area contributed by atoms with Gasteiger partial charge in [0, 0.05) is 18.3 Å². The molecule has 1 aliphatic rings. The zero-order valence-corrected chi connectivity index (χ0v) is 10.1. The number of benzene rings is 1. The van der Waals surface area contributed by atoms with Gasteiger partial charge < -0.3 is 10.5 Å². The van der Waals surface area contributed by atoms with Crippen molar-refractivity contribution >= 4 is 17.5 Å². The molecule has 0 radical (unpaired) electrons. The maximum Gasteiger partial charge on any atom is 0.240 e. The van der Waals surface area contributed by atoms with E-state index in [-0.39, 0.29) is 24.9 Å². The van der Waals surface area contributed by atoms with Crippen LogP contribution in [0.4, 0.5) is 5.69 Å². The third-order valence-electron chi connectivity index (χ3n) is 2.64. The molecule has 2 amide bonds. The molecule has 96 valence electrons. The number of carbonyl (C=O) groups is 2. The van der Waals surface area contributed by atoms with Crippen LogP contribution in [-0.2, 0) is 16.1 Å². The van der Waals surface area contributed by atoms with Crippen molar-refractivity contribution in [2.45, 2.75) is 6.54 Å². The highest BCUT2D eigenvalue weighted by Gasteiger charge is 2.22. The number of hydrogen-bond acceptors (Lipinski definition) is 5. The lowest BCUT2D eigenvalue weighted by Gasteiger charge is -2.25. The van der Waals surface area contributed by atoms with Crippen molar-refractivity contribution in [2.75, 3.05) is 25.9 Å². The topological polar surface area (TPSA) is 84.7 Å². The molecule has 1 aromatic rings. The van der Waals surface area contributed by atoms with Crippen molar-refractivity contribution in [3.05, 3.63) is 23.8 Å². The van der Waals surface area contributed by atoms with Crippen molar-refractivity contribution in [3.8, 4) is 5.75 Å². The predicted molar refractivity (Wildman–Crippen MR) is 65.8 cm³/mol. The van der Waals surface area contributed by atoms with Crippen LogP contribution in [0.5, 0.6) is 5.75 Å². The Morgan fingerprint density at radius 3 is 2.56 bits per heavy atom. The zero-order chi connectivity index (χ0) is 13.1. The molecule has 0 aromatic heterocycles. The summed E-state index contributed by atoms with van der Waals surface area (Å²) in [6, 6.07) is 5.37. The van der Waals surface area contributed by atoms with Crippen LogP contribution in [0.1, 0.15) is 5.56 Å². The molecule has 1 aromatic carbocycles. The second kappa shape index (κ2) is 5.05. The molecular weight excluding hydrogens is 234 g/mol. The number of hydrogen-bond donors (Lipinski definition) is 2. The Labute approximate surface area is 105 Å². The Kier molecular flexibility index (Phi) is 3.47. The molecule has 6 heteroatoms. The lowest BCUT2D eigenvalue weighted by Crippen LogP contribution is -2.50. The van der Waals surface area contributed by atoms with Crippen LogP contribution in [0.3, 0.4) is 0 Å². The minimum atomic E-state index is -0.276. The first-order valence-electron chi connectivity index (χ1n) is 5.55. The van der Waals surface area contributed by atoms with E-state index in [9.17, 15) is 9.59 Å². The summed E-state index contributed by atoms with van der Waals surface area (Å²) in [6.07, 6.45) is 0. The molecule has 1 heterocycles. The van der Waals surface area contributed by atoms with E-state index in [2.05, 4.69) is 5.32 Å². The summed E-state index contributed by atoms with van der Waals surface area (Å²) in [6.45, 7) is 0.909. The summed E-state index contributed by atoms with van der Waals surface area (Å²) < 4.78 is 5.12. The average molecular weight is 249 g/mol. The zero-order valence-electron chi connectivity index (χ0n) is 10.1. The number of piperazine rings is 1. The normalized spacial score (nSPS) is 16.5. The molecule has 1 aliphatic heterocycles. The highest BCUT2D eigenvalue weighted by atomic mass is 16.5. The molecule has 3 N–H and O–H groups in total. The minimum absolute atomic E-state index is 0.211. The molecule has 1 fully saturated rings. The second-order valence-electron chi connectivity index (χ2n) is 4.23. The first kappa shape index (κ1) is 12.4. The maximum absolute atomic E-state index is 11.2. The molecule has 0 bridgehead atoms. The van der Waals surface area contributed by atoms with Crippen LogP contribution in [0, 0.1) is 0 Å². The van der Waals surface area contributed by atoms with Gasteiger partial charge in [0.05, 0.1) is 20.2 Å². The Morgan fingerprint density at radius 1 is 1.28 bits per heavy atom. The number of nitrogens with zero attached hydrogens (tertiary/aromatic N) is 1. The standard InChI is InChI=1S/C12H15N3O3/c1-18-10-3-8(2-9(13)4-10)5-15-6-11(16)14-12(17)7-15/h2-4H,5-7,13H2,1H3,(H,14,16,17). The van der Waals surface area contributed by atoms with Crippen LogP contribution in [0.25, 0.3) is 0 Å². The number of ether oxygens (including phenoxy) is 1. The number of amides is 2. The molecule has 18 heavy (non-hydrogen) atoms. The summed E-state index contributed by atoms with van der Waals surface area (Å²) in [5.41, 5.74) is 7.26. The van der Waals surface area contributed by atoms with E-state index in [0.29, 0.717) is 18.0 Å². The third-order valence-corrected chi connectivity index (χ3v) is 2.64. The summed E-state index contributed by atoms with van der Waals surface area (Å²) in [4.78, 5) is 24.2. The molecule has 2 rings (SSSR count). The van der Waals surface area contributed by atoms with E-state index in [1.54, 1.807) is 24.1 Å². The molecule has 0 unspecified atom stereocenters. The Morgan fingerprint density at radius 2 is 1.94 bits per heavy atom. The Bertz CT molecular complexity index is 471. The van der Waals surface area contributed by atoms with E-state index < -0.39 is 0 Å². The van der Waals surface area contributed by atoms with Gasteiger partial charge in [-0.05, 0) is 17.7 Å². The number of carbonyl (C=O) groups excluding carboxylic acids is 2. The van der Waals surface area contributed by atoms with Gasteiger partial charge in [0.2, 0.25) is 11.8 Å². The van der Waals surface area contributed by atoms with Gasteiger partial charge in [-0.3, -0.25) is 19.8 Å². The first-order valence-corrected chi connectivity index (χ1v) is 5.55. The highest BCUT2D eigenvalue weighted by molar-refractivity contribution is 5.99. The number of methoxy groups -OCH3 is 1. The number of anilines is 1. The first-order chi connectivity index (χ1) is 8.56. The van der Waals surface area contributed by atoms with Gasteiger partial charge in [0.1, 0.15) is 5.75 Å². The fourth-order valence-corrected chi connectivity index (χ4v) is 1.96. The molecule has 1 saturated heterocycles. The fraction of sp³-hybridized carbons (Fsp3) is 0.333. The smallest absolute Gasteiger partial charge is 0.240 e. The molecule has 0 saturated carbocycles. The Balaban J connectivity index is 2.11. The number of nitrogens with one attached hydrogen (secondary N) is 1. The van der Waals surface area contributed by atoms with Crippen LogP contribution < -0.4 is 15.8 Å². The van der Waals surface area contributed by atoms with Crippen molar-refractivity contribution in [2.24, 2.45) is 0 Å². The molecule has 0 aliphatic carbocycles. The number of imide groups is 1. The summed E-state index contributed by atoms with van der Waals surface area (Å²) in [7, 11) is 1.57. The summed E-state index contributed by atoms with van der Waals surface area (Å²) >= 11 is 0. The van der Waals surface area contributed by atoms with Crippen LogP contribution in [0.15, 0.2) is 18.2 Å². The van der Waals surface area contributed by atoms with E-state index in [1.807, 2.05) is 6.07 Å². The van der Waals surface area contributed by atoms with E-state index in [4.69, 9.17) is 10.5 Å². The van der Waals surface area contributed by atoms with Crippen molar-refractivity contribution in [1.29, 1.82) is 0 Å². The van der Waals surface area contributed by atoms with Crippen LogP contribution in [0.2, 0.25) is 0 Å². The van der Waals surface area contributed by atoms with E-state index in [1.165, 1.54) is 0 Å². The molecule has 0 spiro atoms. The van der Waals surface area contributed by atoms with E-state index >= 15 is 0 Å². The monoisotopic (exact) mass is 249 g/mol. The summed E-state index contributed by atoms with van der Waals surface area (Å²) in [5.74, 6) is 0.113. The largest absolute Gasteiger partial charge is 0.497 e. The maximum atomic E-state index is 11.2. The molecule has 0 atom stereocenters. The number of nitrogens with two attached hydrogens (primary N) is 1. The quantitative estimate of drug-likeness (QED) is 0.569.